The lowest BCUT2D eigenvalue weighted by Crippen LogP contribution is -3.09. The highest BCUT2D eigenvalue weighted by Gasteiger charge is 2.29. The summed E-state index contributed by atoms with van der Waals surface area (Å²) in [6, 6.07) is 12.7. The molecule has 0 aromatic heterocycles. The number of benzene rings is 3. The standard InChI is InChI=1S/C26H29NO4/c1-15-10-20-21(8-9-22(29-5)26(20)23(11-15)30-6)27-16(2)12-18-13-19(28-4)14-24(31-7)25(18)17(27)3/h8-14,16H,1-7H3/p+1. The second-order valence-corrected chi connectivity index (χ2v) is 7.99. The van der Waals surface area contributed by atoms with Gasteiger partial charge in [-0.3, -0.25) is 4.90 Å². The predicted octanol–water partition coefficient (Wildman–Crippen LogP) is 2.71. The van der Waals surface area contributed by atoms with E-state index in [1.165, 1.54) is 16.3 Å². The fourth-order valence-electron chi connectivity index (χ4n) is 4.82. The average molecular weight is 421 g/mol. The number of hydrogen-bond acceptors (Lipinski definition) is 4. The van der Waals surface area contributed by atoms with E-state index in [1.807, 2.05) is 12.1 Å². The maximum absolute atomic E-state index is 5.75. The van der Waals surface area contributed by atoms with Crippen molar-refractivity contribution in [2.45, 2.75) is 26.8 Å². The Bertz CT molecular complexity index is 1280. The highest BCUT2D eigenvalue weighted by Crippen LogP contribution is 2.38. The molecule has 3 aromatic carbocycles. The van der Waals surface area contributed by atoms with Crippen molar-refractivity contribution in [2.75, 3.05) is 28.4 Å². The molecule has 2 atom stereocenters. The Labute approximate surface area is 183 Å². The van der Waals surface area contributed by atoms with E-state index in [1.54, 1.807) is 28.4 Å². The highest BCUT2D eigenvalue weighted by atomic mass is 16.5. The molecule has 0 saturated carbocycles. The zero-order valence-electron chi connectivity index (χ0n) is 19.3. The van der Waals surface area contributed by atoms with Crippen molar-refractivity contribution in [1.29, 1.82) is 0 Å². The van der Waals surface area contributed by atoms with E-state index < -0.39 is 0 Å². The number of fused-ring (bicyclic) bond motifs is 2. The lowest BCUT2D eigenvalue weighted by molar-refractivity contribution is -0.771. The van der Waals surface area contributed by atoms with E-state index in [9.17, 15) is 0 Å². The normalized spacial score (nSPS) is 17.7. The van der Waals surface area contributed by atoms with Crippen LogP contribution in [0, 0.1) is 6.92 Å². The van der Waals surface area contributed by atoms with Crippen LogP contribution in [0.15, 0.2) is 36.4 Å². The SMILES string of the molecule is COc1cc(OC)c2c(c1)=CC(C)[NH+](c1ccc(OC)c3c(OC)cc(C)cc13)C=2C. The summed E-state index contributed by atoms with van der Waals surface area (Å²) in [7, 11) is 6.79. The largest absolute Gasteiger partial charge is 0.497 e. The summed E-state index contributed by atoms with van der Waals surface area (Å²) in [6.07, 6.45) is 2.28. The van der Waals surface area contributed by atoms with Gasteiger partial charge >= 0.3 is 0 Å². The molecule has 0 bridgehead atoms. The number of hydrogen-bond donors (Lipinski definition) is 1. The van der Waals surface area contributed by atoms with Crippen LogP contribution in [0.4, 0.5) is 5.69 Å². The molecule has 1 heterocycles. The van der Waals surface area contributed by atoms with E-state index in [2.05, 4.69) is 51.1 Å². The lowest BCUT2D eigenvalue weighted by atomic mass is 9.99. The Morgan fingerprint density at radius 1 is 0.774 bits per heavy atom. The van der Waals surface area contributed by atoms with E-state index in [-0.39, 0.29) is 6.04 Å². The molecule has 31 heavy (non-hydrogen) atoms. The van der Waals surface area contributed by atoms with Crippen LogP contribution in [0.1, 0.15) is 19.4 Å². The van der Waals surface area contributed by atoms with E-state index in [0.717, 1.165) is 49.8 Å². The van der Waals surface area contributed by atoms with E-state index >= 15 is 0 Å². The Morgan fingerprint density at radius 3 is 2.13 bits per heavy atom. The van der Waals surface area contributed by atoms with Crippen LogP contribution in [0.2, 0.25) is 0 Å². The van der Waals surface area contributed by atoms with Crippen LogP contribution in [0.3, 0.4) is 0 Å². The number of methoxy groups -OCH3 is 4. The van der Waals surface area contributed by atoms with E-state index in [4.69, 9.17) is 18.9 Å². The van der Waals surface area contributed by atoms with Gasteiger partial charge in [-0.1, -0.05) is 0 Å². The summed E-state index contributed by atoms with van der Waals surface area (Å²) in [5.74, 6) is 3.25. The minimum absolute atomic E-state index is 0.215. The Morgan fingerprint density at radius 2 is 1.48 bits per heavy atom. The van der Waals surface area contributed by atoms with Gasteiger partial charge in [-0.2, -0.15) is 0 Å². The van der Waals surface area contributed by atoms with Crippen LogP contribution in [-0.4, -0.2) is 34.5 Å². The Hall–Kier alpha value is -3.18. The van der Waals surface area contributed by atoms with Crippen molar-refractivity contribution in [3.63, 3.8) is 0 Å². The van der Waals surface area contributed by atoms with Crippen molar-refractivity contribution >= 4 is 28.2 Å². The topological polar surface area (TPSA) is 41.4 Å². The van der Waals surface area contributed by atoms with Crippen LogP contribution in [0.25, 0.3) is 22.5 Å². The summed E-state index contributed by atoms with van der Waals surface area (Å²) < 4.78 is 22.6. The number of rotatable bonds is 5. The number of ether oxygens (including phenoxy) is 4. The first-order valence-corrected chi connectivity index (χ1v) is 10.4. The van der Waals surface area contributed by atoms with Gasteiger partial charge in [0, 0.05) is 19.1 Å². The molecule has 0 spiro atoms. The lowest BCUT2D eigenvalue weighted by Gasteiger charge is -2.29. The van der Waals surface area contributed by atoms with Crippen molar-refractivity contribution in [3.05, 3.63) is 52.4 Å². The van der Waals surface area contributed by atoms with Crippen LogP contribution < -0.4 is 34.3 Å². The number of aryl methyl sites for hydroxylation is 1. The number of nitrogens with one attached hydrogen (secondary N) is 1. The van der Waals surface area contributed by atoms with Gasteiger partial charge in [-0.15, -0.1) is 0 Å². The van der Waals surface area contributed by atoms with Crippen molar-refractivity contribution in [3.8, 4) is 23.0 Å². The van der Waals surface area contributed by atoms with Gasteiger partial charge in [0.25, 0.3) is 0 Å². The zero-order chi connectivity index (χ0) is 22.3. The predicted molar refractivity (Wildman–Crippen MR) is 124 cm³/mol. The highest BCUT2D eigenvalue weighted by molar-refractivity contribution is 6.00. The van der Waals surface area contributed by atoms with Crippen molar-refractivity contribution in [1.82, 2.24) is 0 Å². The molecule has 5 nitrogen and oxygen atoms in total. The van der Waals surface area contributed by atoms with Gasteiger partial charge < -0.3 is 18.9 Å². The minimum atomic E-state index is 0.215. The molecule has 1 aliphatic rings. The zero-order valence-corrected chi connectivity index (χ0v) is 19.3. The molecule has 1 N–H and O–H groups in total. The van der Waals surface area contributed by atoms with Gasteiger partial charge in [0.15, 0.2) is 0 Å². The van der Waals surface area contributed by atoms with Crippen LogP contribution in [0.5, 0.6) is 23.0 Å². The second-order valence-electron chi connectivity index (χ2n) is 7.99. The van der Waals surface area contributed by atoms with Crippen molar-refractivity contribution in [2.24, 2.45) is 0 Å². The molecule has 0 saturated heterocycles. The van der Waals surface area contributed by atoms with Gasteiger partial charge in [-0.05, 0) is 55.0 Å². The second kappa shape index (κ2) is 8.16. The molecule has 162 valence electrons. The van der Waals surface area contributed by atoms with Gasteiger partial charge in [0.2, 0.25) is 0 Å². The third-order valence-electron chi connectivity index (χ3n) is 6.14. The summed E-state index contributed by atoms with van der Waals surface area (Å²) in [4.78, 5) is 1.27. The summed E-state index contributed by atoms with van der Waals surface area (Å²) in [5, 5.41) is 4.37. The molecular formula is C26H30NO4+. The van der Waals surface area contributed by atoms with Crippen molar-refractivity contribution < 1.29 is 23.8 Å². The molecular weight excluding hydrogens is 390 g/mol. The first-order valence-electron chi connectivity index (χ1n) is 10.4. The maximum Gasteiger partial charge on any atom is 0.144 e. The first kappa shape index (κ1) is 21.1. The number of quaternary nitrogens is 1. The molecule has 0 aliphatic carbocycles. The molecule has 0 amide bonds. The minimum Gasteiger partial charge on any atom is -0.497 e. The molecule has 1 aliphatic heterocycles. The molecule has 0 fully saturated rings. The third-order valence-corrected chi connectivity index (χ3v) is 6.14. The smallest absolute Gasteiger partial charge is 0.144 e. The van der Waals surface area contributed by atoms with Gasteiger partial charge in [0.1, 0.15) is 40.4 Å². The van der Waals surface area contributed by atoms with Crippen LogP contribution in [-0.2, 0) is 0 Å². The first-order chi connectivity index (χ1) is 14.9. The fraction of sp³-hybridized carbons (Fsp3) is 0.308. The quantitative estimate of drug-likeness (QED) is 0.689. The van der Waals surface area contributed by atoms with Gasteiger partial charge in [-0.25, -0.2) is 0 Å². The van der Waals surface area contributed by atoms with Crippen LogP contribution >= 0.6 is 0 Å². The van der Waals surface area contributed by atoms with E-state index in [0.29, 0.717) is 0 Å². The Balaban J connectivity index is 2.06. The van der Waals surface area contributed by atoms with Gasteiger partial charge in [0.05, 0.1) is 44.4 Å². The molecule has 0 radical (unpaired) electrons. The summed E-state index contributed by atoms with van der Waals surface area (Å²) >= 11 is 0. The molecule has 2 unspecified atom stereocenters. The third kappa shape index (κ3) is 3.39. The molecule has 5 heteroatoms. The summed E-state index contributed by atoms with van der Waals surface area (Å²) in [5.41, 5.74) is 3.53. The average Bonchev–Trinajstić information content (AvgIpc) is 2.77. The monoisotopic (exact) mass is 420 g/mol. The summed E-state index contributed by atoms with van der Waals surface area (Å²) in [6.45, 7) is 6.50. The molecule has 4 rings (SSSR count). The Kier molecular flexibility index (Phi) is 5.54. The molecule has 3 aromatic rings. The fourth-order valence-corrected chi connectivity index (χ4v) is 4.82. The maximum atomic E-state index is 5.75.